The van der Waals surface area contributed by atoms with Crippen LogP contribution in [0.15, 0.2) is 59.1 Å². The lowest BCUT2D eigenvalue weighted by molar-refractivity contribution is 0.0949. The van der Waals surface area contributed by atoms with E-state index in [9.17, 15) is 4.79 Å². The number of aromatic nitrogens is 1. The van der Waals surface area contributed by atoms with Crippen molar-refractivity contribution < 1.29 is 14.1 Å². The van der Waals surface area contributed by atoms with Gasteiger partial charge in [-0.1, -0.05) is 17.3 Å². The highest BCUT2D eigenvalue weighted by Gasteiger charge is 2.11. The quantitative estimate of drug-likeness (QED) is 0.620. The van der Waals surface area contributed by atoms with E-state index >= 15 is 0 Å². The fourth-order valence-corrected chi connectivity index (χ4v) is 2.83. The van der Waals surface area contributed by atoms with Crippen molar-refractivity contribution in [2.45, 2.75) is 6.54 Å². The number of carbonyl (C=O) groups is 1. The lowest BCUT2D eigenvalue weighted by Crippen LogP contribution is -2.23. The van der Waals surface area contributed by atoms with E-state index in [1.165, 1.54) is 0 Å². The fourth-order valence-electron chi connectivity index (χ4n) is 2.20. The molecule has 0 radical (unpaired) electrons. The predicted octanol–water partition coefficient (Wildman–Crippen LogP) is 3.88. The molecule has 1 heterocycles. The van der Waals surface area contributed by atoms with E-state index in [0.717, 1.165) is 14.9 Å². The van der Waals surface area contributed by atoms with Gasteiger partial charge >= 0.3 is 0 Å². The number of benzene rings is 2. The van der Waals surface area contributed by atoms with Gasteiger partial charge in [-0.2, -0.15) is 0 Å². The minimum Gasteiger partial charge on any atom is -0.497 e. The SMILES string of the molecule is COc1ccc(-c2cc(CNC(=O)c3ccccc3I)no2)cc1. The van der Waals surface area contributed by atoms with Gasteiger partial charge in [0.15, 0.2) is 5.76 Å². The van der Waals surface area contributed by atoms with Gasteiger partial charge in [0.2, 0.25) is 0 Å². The number of hydrogen-bond acceptors (Lipinski definition) is 4. The van der Waals surface area contributed by atoms with Crippen LogP contribution in [0.5, 0.6) is 5.75 Å². The second-order valence-corrected chi connectivity index (χ2v) is 6.24. The summed E-state index contributed by atoms with van der Waals surface area (Å²) in [5, 5.41) is 6.85. The van der Waals surface area contributed by atoms with Gasteiger partial charge in [-0.3, -0.25) is 4.79 Å². The molecule has 2 aromatic carbocycles. The van der Waals surface area contributed by atoms with Crippen LogP contribution < -0.4 is 10.1 Å². The molecule has 0 spiro atoms. The van der Waals surface area contributed by atoms with Gasteiger partial charge < -0.3 is 14.6 Å². The lowest BCUT2D eigenvalue weighted by Gasteiger charge is -2.04. The Kier molecular flexibility index (Phi) is 5.14. The fraction of sp³-hybridized carbons (Fsp3) is 0.111. The maximum Gasteiger partial charge on any atom is 0.252 e. The van der Waals surface area contributed by atoms with Crippen LogP contribution in [-0.2, 0) is 6.54 Å². The minimum absolute atomic E-state index is 0.131. The molecule has 0 saturated heterocycles. The molecule has 1 N–H and O–H groups in total. The average Bonchev–Trinajstić information content (AvgIpc) is 3.09. The molecule has 0 saturated carbocycles. The van der Waals surface area contributed by atoms with Crippen LogP contribution in [0, 0.1) is 3.57 Å². The average molecular weight is 434 g/mol. The van der Waals surface area contributed by atoms with Crippen LogP contribution in [0.1, 0.15) is 16.1 Å². The normalized spacial score (nSPS) is 10.4. The summed E-state index contributed by atoms with van der Waals surface area (Å²) in [5.41, 5.74) is 2.22. The number of nitrogens with zero attached hydrogens (tertiary/aromatic N) is 1. The maximum absolute atomic E-state index is 12.2. The lowest BCUT2D eigenvalue weighted by atomic mass is 10.1. The molecule has 0 atom stereocenters. The molecule has 0 aliphatic carbocycles. The Morgan fingerprint density at radius 3 is 2.67 bits per heavy atom. The third kappa shape index (κ3) is 3.76. The molecule has 3 rings (SSSR count). The van der Waals surface area contributed by atoms with E-state index < -0.39 is 0 Å². The van der Waals surface area contributed by atoms with Crippen molar-refractivity contribution in [2.75, 3.05) is 7.11 Å². The van der Waals surface area contributed by atoms with Gasteiger partial charge in [0.25, 0.3) is 5.91 Å². The largest absolute Gasteiger partial charge is 0.497 e. The Labute approximate surface area is 153 Å². The zero-order valence-corrected chi connectivity index (χ0v) is 15.1. The number of amides is 1. The summed E-state index contributed by atoms with van der Waals surface area (Å²) >= 11 is 2.14. The molecule has 122 valence electrons. The highest BCUT2D eigenvalue weighted by molar-refractivity contribution is 14.1. The molecular weight excluding hydrogens is 419 g/mol. The number of hydrogen-bond donors (Lipinski definition) is 1. The van der Waals surface area contributed by atoms with Crippen LogP contribution in [-0.4, -0.2) is 18.2 Å². The van der Waals surface area contributed by atoms with Crippen molar-refractivity contribution in [1.29, 1.82) is 0 Å². The Bertz CT molecular complexity index is 843. The summed E-state index contributed by atoms with van der Waals surface area (Å²) in [6.07, 6.45) is 0. The summed E-state index contributed by atoms with van der Waals surface area (Å²) in [5.74, 6) is 1.30. The first-order valence-electron chi connectivity index (χ1n) is 7.30. The van der Waals surface area contributed by atoms with Crippen LogP contribution in [0.4, 0.5) is 0 Å². The van der Waals surface area contributed by atoms with Crippen molar-refractivity contribution in [1.82, 2.24) is 10.5 Å². The van der Waals surface area contributed by atoms with Crippen molar-refractivity contribution in [3.8, 4) is 17.1 Å². The first kappa shape index (κ1) is 16.5. The Morgan fingerprint density at radius 1 is 1.21 bits per heavy atom. The summed E-state index contributed by atoms with van der Waals surface area (Å²) in [7, 11) is 1.62. The van der Waals surface area contributed by atoms with Crippen molar-refractivity contribution >= 4 is 28.5 Å². The van der Waals surface area contributed by atoms with Crippen molar-refractivity contribution in [2.24, 2.45) is 0 Å². The molecule has 0 aliphatic rings. The van der Waals surface area contributed by atoms with E-state index in [-0.39, 0.29) is 5.91 Å². The Morgan fingerprint density at radius 2 is 1.96 bits per heavy atom. The number of rotatable bonds is 5. The van der Waals surface area contributed by atoms with Gasteiger partial charge in [-0.25, -0.2) is 0 Å². The molecule has 24 heavy (non-hydrogen) atoms. The summed E-state index contributed by atoms with van der Waals surface area (Å²) in [4.78, 5) is 12.2. The third-order valence-corrected chi connectivity index (χ3v) is 4.42. The molecule has 1 aromatic heterocycles. The predicted molar refractivity (Wildman–Crippen MR) is 98.8 cm³/mol. The number of halogens is 1. The van der Waals surface area contributed by atoms with Gasteiger partial charge in [-0.15, -0.1) is 0 Å². The number of methoxy groups -OCH3 is 1. The van der Waals surface area contributed by atoms with Crippen LogP contribution in [0.3, 0.4) is 0 Å². The molecule has 0 fully saturated rings. The van der Waals surface area contributed by atoms with Gasteiger partial charge in [0, 0.05) is 15.2 Å². The number of carbonyl (C=O) groups excluding carboxylic acids is 1. The van der Waals surface area contributed by atoms with Crippen molar-refractivity contribution in [3.63, 3.8) is 0 Å². The summed E-state index contributed by atoms with van der Waals surface area (Å²) in [6, 6.07) is 16.8. The van der Waals surface area contributed by atoms with Gasteiger partial charge in [0.05, 0.1) is 19.2 Å². The first-order chi connectivity index (χ1) is 11.7. The molecule has 0 bridgehead atoms. The van der Waals surface area contributed by atoms with Crippen LogP contribution in [0.25, 0.3) is 11.3 Å². The topological polar surface area (TPSA) is 64.4 Å². The monoisotopic (exact) mass is 434 g/mol. The smallest absolute Gasteiger partial charge is 0.252 e. The zero-order valence-electron chi connectivity index (χ0n) is 13.0. The second-order valence-electron chi connectivity index (χ2n) is 5.07. The van der Waals surface area contributed by atoms with Crippen LogP contribution in [0.2, 0.25) is 0 Å². The molecule has 3 aromatic rings. The molecule has 5 nitrogen and oxygen atoms in total. The van der Waals surface area contributed by atoms with Crippen molar-refractivity contribution in [3.05, 3.63) is 69.4 Å². The first-order valence-corrected chi connectivity index (χ1v) is 8.38. The van der Waals surface area contributed by atoms with E-state index in [1.54, 1.807) is 13.2 Å². The Balaban J connectivity index is 1.66. The maximum atomic E-state index is 12.2. The minimum atomic E-state index is -0.131. The standard InChI is InChI=1S/C18H15IN2O3/c1-23-14-8-6-12(7-9-14)17-10-13(21-24-17)11-20-18(22)15-4-2-3-5-16(15)19/h2-10H,11H2,1H3,(H,20,22). The highest BCUT2D eigenvalue weighted by Crippen LogP contribution is 2.23. The van der Waals surface area contributed by atoms with E-state index in [2.05, 4.69) is 33.1 Å². The third-order valence-electron chi connectivity index (χ3n) is 3.48. The van der Waals surface area contributed by atoms with E-state index in [4.69, 9.17) is 9.26 Å². The van der Waals surface area contributed by atoms with Gasteiger partial charge in [0.1, 0.15) is 11.4 Å². The zero-order chi connectivity index (χ0) is 16.9. The molecule has 1 amide bonds. The van der Waals surface area contributed by atoms with E-state index in [1.807, 2.05) is 48.5 Å². The molecule has 0 aliphatic heterocycles. The number of nitrogens with one attached hydrogen (secondary N) is 1. The highest BCUT2D eigenvalue weighted by atomic mass is 127. The second kappa shape index (κ2) is 7.48. The summed E-state index contributed by atoms with van der Waals surface area (Å²) in [6.45, 7) is 0.309. The number of ether oxygens (including phenoxy) is 1. The summed E-state index contributed by atoms with van der Waals surface area (Å²) < 4.78 is 11.4. The van der Waals surface area contributed by atoms with Crippen LogP contribution >= 0.6 is 22.6 Å². The molecular formula is C18H15IN2O3. The van der Waals surface area contributed by atoms with Gasteiger partial charge in [-0.05, 0) is 59.0 Å². The molecule has 6 heteroatoms. The molecule has 0 unspecified atom stereocenters. The van der Waals surface area contributed by atoms with E-state index in [0.29, 0.717) is 23.6 Å². The Hall–Kier alpha value is -2.35.